The first kappa shape index (κ1) is 11.6. The number of aromatic nitrogens is 2. The van der Waals surface area contributed by atoms with Crippen molar-refractivity contribution in [2.75, 3.05) is 26.2 Å². The molecule has 90 valence electrons. The summed E-state index contributed by atoms with van der Waals surface area (Å²) in [5.74, 6) is 0. The molecule has 0 spiro atoms. The van der Waals surface area contributed by atoms with Crippen molar-refractivity contribution in [1.82, 2.24) is 14.7 Å². The van der Waals surface area contributed by atoms with E-state index in [1.54, 1.807) is 6.20 Å². The molecule has 2 unspecified atom stereocenters. The van der Waals surface area contributed by atoms with Gasteiger partial charge in [-0.2, -0.15) is 5.10 Å². The van der Waals surface area contributed by atoms with Crippen LogP contribution in [-0.2, 0) is 11.8 Å². The molecule has 5 nitrogen and oxygen atoms in total. The molecule has 2 heterocycles. The van der Waals surface area contributed by atoms with E-state index in [0.717, 1.165) is 31.9 Å². The van der Waals surface area contributed by atoms with Crippen LogP contribution in [0.5, 0.6) is 0 Å². The van der Waals surface area contributed by atoms with Gasteiger partial charge in [-0.3, -0.25) is 9.58 Å². The van der Waals surface area contributed by atoms with Crippen LogP contribution < -0.4 is 5.73 Å². The van der Waals surface area contributed by atoms with Gasteiger partial charge in [0.25, 0.3) is 0 Å². The highest BCUT2D eigenvalue weighted by Gasteiger charge is 2.27. The fraction of sp³-hybridized carbons (Fsp3) is 0.727. The summed E-state index contributed by atoms with van der Waals surface area (Å²) in [6.07, 6.45) is 1.85. The van der Waals surface area contributed by atoms with Gasteiger partial charge < -0.3 is 10.5 Å². The van der Waals surface area contributed by atoms with Crippen molar-refractivity contribution in [2.24, 2.45) is 12.8 Å². The molecule has 0 saturated carbocycles. The van der Waals surface area contributed by atoms with Crippen LogP contribution in [0.4, 0.5) is 0 Å². The molecule has 0 aromatic carbocycles. The number of rotatable bonds is 3. The Morgan fingerprint density at radius 3 is 3.12 bits per heavy atom. The van der Waals surface area contributed by atoms with Crippen molar-refractivity contribution < 1.29 is 4.74 Å². The minimum absolute atomic E-state index is 0.0732. The van der Waals surface area contributed by atoms with Gasteiger partial charge >= 0.3 is 0 Å². The minimum Gasteiger partial charge on any atom is -0.374 e. The Bertz CT molecular complexity index is 338. The van der Waals surface area contributed by atoms with Gasteiger partial charge in [0, 0.05) is 26.3 Å². The molecule has 5 heteroatoms. The van der Waals surface area contributed by atoms with Crippen LogP contribution in [0.2, 0.25) is 0 Å². The number of likely N-dealkylation sites (N-methyl/N-ethyl adjacent to an activating group) is 1. The Kier molecular flexibility index (Phi) is 3.58. The van der Waals surface area contributed by atoms with E-state index in [1.165, 1.54) is 0 Å². The van der Waals surface area contributed by atoms with E-state index in [9.17, 15) is 0 Å². The molecule has 16 heavy (non-hydrogen) atoms. The Morgan fingerprint density at radius 1 is 1.69 bits per heavy atom. The summed E-state index contributed by atoms with van der Waals surface area (Å²) in [4.78, 5) is 2.37. The number of morpholine rings is 1. The van der Waals surface area contributed by atoms with E-state index >= 15 is 0 Å². The summed E-state index contributed by atoms with van der Waals surface area (Å²) in [6.45, 7) is 5.90. The number of hydrogen-bond acceptors (Lipinski definition) is 4. The standard InChI is InChI=1S/C11H20N4O/c1-3-15-6-7-16-10(8-15)11(12)9-4-5-13-14(9)2/h4-5,10-11H,3,6-8,12H2,1-2H3. The number of ether oxygens (including phenoxy) is 1. The molecule has 1 aliphatic heterocycles. The first-order valence-corrected chi connectivity index (χ1v) is 5.79. The zero-order valence-corrected chi connectivity index (χ0v) is 9.97. The number of hydrogen-bond donors (Lipinski definition) is 1. The highest BCUT2D eigenvalue weighted by molar-refractivity contribution is 5.08. The number of nitrogens with two attached hydrogens (primary N) is 1. The number of aryl methyl sites for hydroxylation is 1. The van der Waals surface area contributed by atoms with Crippen LogP contribution in [0.3, 0.4) is 0 Å². The molecule has 0 radical (unpaired) electrons. The summed E-state index contributed by atoms with van der Waals surface area (Å²) >= 11 is 0. The van der Waals surface area contributed by atoms with Gasteiger partial charge in [-0.25, -0.2) is 0 Å². The van der Waals surface area contributed by atoms with Crippen molar-refractivity contribution in [1.29, 1.82) is 0 Å². The van der Waals surface area contributed by atoms with Gasteiger partial charge in [0.1, 0.15) is 0 Å². The third kappa shape index (κ3) is 2.26. The molecular weight excluding hydrogens is 204 g/mol. The number of nitrogens with zero attached hydrogens (tertiary/aromatic N) is 3. The lowest BCUT2D eigenvalue weighted by Crippen LogP contribution is -2.47. The first-order valence-electron chi connectivity index (χ1n) is 5.79. The second kappa shape index (κ2) is 4.95. The maximum atomic E-state index is 6.22. The Hall–Kier alpha value is -0.910. The highest BCUT2D eigenvalue weighted by atomic mass is 16.5. The third-order valence-corrected chi connectivity index (χ3v) is 3.23. The van der Waals surface area contributed by atoms with Crippen LogP contribution in [0.25, 0.3) is 0 Å². The van der Waals surface area contributed by atoms with E-state index in [-0.39, 0.29) is 12.1 Å². The van der Waals surface area contributed by atoms with E-state index in [1.807, 2.05) is 17.8 Å². The smallest absolute Gasteiger partial charge is 0.0910 e. The van der Waals surface area contributed by atoms with Crippen LogP contribution >= 0.6 is 0 Å². The van der Waals surface area contributed by atoms with Gasteiger partial charge in [-0.05, 0) is 12.6 Å². The van der Waals surface area contributed by atoms with Crippen LogP contribution in [-0.4, -0.2) is 47.0 Å². The average Bonchev–Trinajstić information content (AvgIpc) is 2.74. The van der Waals surface area contributed by atoms with Crippen molar-refractivity contribution >= 4 is 0 Å². The van der Waals surface area contributed by atoms with Crippen LogP contribution in [0, 0.1) is 0 Å². The van der Waals surface area contributed by atoms with E-state index < -0.39 is 0 Å². The summed E-state index contributed by atoms with van der Waals surface area (Å²) in [7, 11) is 1.91. The fourth-order valence-corrected chi connectivity index (χ4v) is 2.14. The predicted molar refractivity (Wildman–Crippen MR) is 62.0 cm³/mol. The maximum absolute atomic E-state index is 6.22. The molecule has 1 aliphatic rings. The van der Waals surface area contributed by atoms with E-state index in [0.29, 0.717) is 0 Å². The predicted octanol–water partition coefficient (Wildman–Crippen LogP) is 0.141. The van der Waals surface area contributed by atoms with Gasteiger partial charge in [-0.1, -0.05) is 6.92 Å². The third-order valence-electron chi connectivity index (χ3n) is 3.23. The molecular formula is C11H20N4O. The maximum Gasteiger partial charge on any atom is 0.0910 e. The largest absolute Gasteiger partial charge is 0.374 e. The molecule has 2 N–H and O–H groups in total. The van der Waals surface area contributed by atoms with Crippen molar-refractivity contribution in [2.45, 2.75) is 19.1 Å². The summed E-state index contributed by atoms with van der Waals surface area (Å²) in [5, 5.41) is 4.14. The molecule has 0 bridgehead atoms. The van der Waals surface area contributed by atoms with Crippen molar-refractivity contribution in [3.63, 3.8) is 0 Å². The van der Waals surface area contributed by atoms with Gasteiger partial charge in [0.05, 0.1) is 24.4 Å². The monoisotopic (exact) mass is 224 g/mol. The highest BCUT2D eigenvalue weighted by Crippen LogP contribution is 2.19. The summed E-state index contributed by atoms with van der Waals surface area (Å²) in [6, 6.07) is 1.86. The van der Waals surface area contributed by atoms with Gasteiger partial charge in [-0.15, -0.1) is 0 Å². The van der Waals surface area contributed by atoms with Crippen molar-refractivity contribution in [3.05, 3.63) is 18.0 Å². The first-order chi connectivity index (χ1) is 7.72. The van der Waals surface area contributed by atoms with Crippen LogP contribution in [0.1, 0.15) is 18.7 Å². The second-order valence-corrected chi connectivity index (χ2v) is 4.21. The molecule has 1 aromatic heterocycles. The normalized spacial score (nSPS) is 24.6. The zero-order valence-electron chi connectivity index (χ0n) is 9.97. The lowest BCUT2D eigenvalue weighted by molar-refractivity contribution is -0.0403. The molecule has 0 aliphatic carbocycles. The summed E-state index contributed by atoms with van der Waals surface area (Å²) < 4.78 is 7.56. The SMILES string of the molecule is CCN1CCOC(C(N)c2ccnn2C)C1. The molecule has 1 aromatic rings. The van der Waals surface area contributed by atoms with E-state index in [2.05, 4.69) is 16.9 Å². The zero-order chi connectivity index (χ0) is 11.5. The molecule has 1 fully saturated rings. The van der Waals surface area contributed by atoms with Crippen molar-refractivity contribution in [3.8, 4) is 0 Å². The van der Waals surface area contributed by atoms with E-state index in [4.69, 9.17) is 10.5 Å². The van der Waals surface area contributed by atoms with Gasteiger partial charge in [0.2, 0.25) is 0 Å². The molecule has 2 atom stereocenters. The molecule has 0 amide bonds. The Labute approximate surface area is 96.2 Å². The Balaban J connectivity index is 2.04. The molecule has 1 saturated heterocycles. The topological polar surface area (TPSA) is 56.3 Å². The minimum atomic E-state index is -0.0955. The second-order valence-electron chi connectivity index (χ2n) is 4.21. The Morgan fingerprint density at radius 2 is 2.50 bits per heavy atom. The lowest BCUT2D eigenvalue weighted by atomic mass is 10.1. The fourth-order valence-electron chi connectivity index (χ4n) is 2.14. The van der Waals surface area contributed by atoms with Crippen LogP contribution in [0.15, 0.2) is 12.3 Å². The molecule has 2 rings (SSSR count). The summed E-state index contributed by atoms with van der Waals surface area (Å²) in [5.41, 5.74) is 7.25. The van der Waals surface area contributed by atoms with Gasteiger partial charge in [0.15, 0.2) is 0 Å². The quantitative estimate of drug-likeness (QED) is 0.793. The lowest BCUT2D eigenvalue weighted by Gasteiger charge is -2.35. The average molecular weight is 224 g/mol.